The van der Waals surface area contributed by atoms with Gasteiger partial charge in [-0.1, -0.05) is 24.3 Å². The van der Waals surface area contributed by atoms with Gasteiger partial charge in [0.2, 0.25) is 0 Å². The summed E-state index contributed by atoms with van der Waals surface area (Å²) >= 11 is 0. The summed E-state index contributed by atoms with van der Waals surface area (Å²) in [6.07, 6.45) is 0. The molecule has 0 aliphatic rings. The van der Waals surface area contributed by atoms with Gasteiger partial charge in [0.05, 0.1) is 20.8 Å². The number of ether oxygens (including phenoxy) is 3. The molecular formula is C23H27N3O6S. The summed E-state index contributed by atoms with van der Waals surface area (Å²) < 4.78 is 45.1. The second kappa shape index (κ2) is 10.5. The van der Waals surface area contributed by atoms with E-state index in [2.05, 4.69) is 5.10 Å². The summed E-state index contributed by atoms with van der Waals surface area (Å²) in [5.74, 6) is 0.713. The molecule has 3 rings (SSSR count). The summed E-state index contributed by atoms with van der Waals surface area (Å²) in [6, 6.07) is 15.5. The fourth-order valence-corrected chi connectivity index (χ4v) is 4.58. The fraction of sp³-hybridized carbons (Fsp3) is 0.304. The van der Waals surface area contributed by atoms with Crippen molar-refractivity contribution in [2.24, 2.45) is 7.05 Å². The molecule has 0 N–H and O–H groups in total. The van der Waals surface area contributed by atoms with Crippen LogP contribution in [-0.4, -0.2) is 49.3 Å². The number of aromatic nitrogens is 2. The Bertz CT molecular complexity index is 1140. The van der Waals surface area contributed by atoms with E-state index in [1.807, 2.05) is 0 Å². The van der Waals surface area contributed by atoms with E-state index in [9.17, 15) is 13.2 Å². The van der Waals surface area contributed by atoms with Crippen molar-refractivity contribution in [3.8, 4) is 11.5 Å². The van der Waals surface area contributed by atoms with Crippen molar-refractivity contribution in [3.05, 3.63) is 71.4 Å². The first kappa shape index (κ1) is 24.3. The Kier molecular flexibility index (Phi) is 7.72. The summed E-state index contributed by atoms with van der Waals surface area (Å²) in [5, 5.41) is 3.86. The number of carbonyl (C=O) groups excluding carboxylic acids is 1. The summed E-state index contributed by atoms with van der Waals surface area (Å²) in [4.78, 5) is 12.2. The van der Waals surface area contributed by atoms with Crippen LogP contribution in [0.2, 0.25) is 0 Å². The van der Waals surface area contributed by atoms with Crippen molar-refractivity contribution in [1.29, 1.82) is 0 Å². The minimum atomic E-state index is -4.05. The smallest absolute Gasteiger partial charge is 0.356 e. The topological polar surface area (TPSA) is 100.0 Å². The van der Waals surface area contributed by atoms with Crippen LogP contribution in [0.25, 0.3) is 0 Å². The SMILES string of the molecule is CCOC(=O)c1cc(S(=O)(=O)N(Cc2ccc(OC)cc2)Cc2ccc(OC)cc2)nn1C. The van der Waals surface area contributed by atoms with Gasteiger partial charge in [-0.2, -0.15) is 9.40 Å². The molecule has 176 valence electrons. The van der Waals surface area contributed by atoms with Crippen molar-refractivity contribution in [3.63, 3.8) is 0 Å². The van der Waals surface area contributed by atoms with Gasteiger partial charge in [-0.3, -0.25) is 4.68 Å². The quantitative estimate of drug-likeness (QED) is 0.417. The normalized spacial score (nSPS) is 11.4. The molecule has 0 saturated carbocycles. The van der Waals surface area contributed by atoms with E-state index in [0.717, 1.165) is 11.1 Å². The molecular weight excluding hydrogens is 446 g/mol. The molecule has 2 aromatic carbocycles. The first-order valence-electron chi connectivity index (χ1n) is 10.3. The van der Waals surface area contributed by atoms with Crippen molar-refractivity contribution in [2.45, 2.75) is 25.0 Å². The number of benzene rings is 2. The van der Waals surface area contributed by atoms with Gasteiger partial charge in [0, 0.05) is 26.2 Å². The summed E-state index contributed by atoms with van der Waals surface area (Å²) in [6.45, 7) is 2.05. The molecule has 33 heavy (non-hydrogen) atoms. The largest absolute Gasteiger partial charge is 0.497 e. The van der Waals surface area contributed by atoms with Crippen molar-refractivity contribution < 1.29 is 27.4 Å². The van der Waals surface area contributed by atoms with Gasteiger partial charge in [0.1, 0.15) is 17.2 Å². The molecule has 0 unspecified atom stereocenters. The molecule has 1 aromatic heterocycles. The predicted molar refractivity (Wildman–Crippen MR) is 122 cm³/mol. The van der Waals surface area contributed by atoms with Crippen LogP contribution in [0.3, 0.4) is 0 Å². The Hall–Kier alpha value is -3.37. The lowest BCUT2D eigenvalue weighted by Gasteiger charge is -2.21. The van der Waals surface area contributed by atoms with Crippen LogP contribution >= 0.6 is 0 Å². The van der Waals surface area contributed by atoms with E-state index in [1.54, 1.807) is 69.7 Å². The number of rotatable bonds is 10. The predicted octanol–water partition coefficient (Wildman–Crippen LogP) is 3.01. The Balaban J connectivity index is 1.96. The Morgan fingerprint density at radius 2 is 1.42 bits per heavy atom. The number of esters is 1. The van der Waals surface area contributed by atoms with E-state index in [0.29, 0.717) is 11.5 Å². The number of hydrogen-bond donors (Lipinski definition) is 0. The molecule has 9 nitrogen and oxygen atoms in total. The van der Waals surface area contributed by atoms with E-state index in [4.69, 9.17) is 14.2 Å². The molecule has 0 aliphatic heterocycles. The highest BCUT2D eigenvalue weighted by molar-refractivity contribution is 7.89. The van der Waals surface area contributed by atoms with Crippen molar-refractivity contribution in [2.75, 3.05) is 20.8 Å². The van der Waals surface area contributed by atoms with Gasteiger partial charge in [-0.05, 0) is 42.3 Å². The highest BCUT2D eigenvalue weighted by Crippen LogP contribution is 2.23. The zero-order valence-corrected chi connectivity index (χ0v) is 19.8. The van der Waals surface area contributed by atoms with Crippen LogP contribution < -0.4 is 9.47 Å². The van der Waals surface area contributed by atoms with Gasteiger partial charge < -0.3 is 14.2 Å². The standard InChI is InChI=1S/C23H27N3O6S/c1-5-32-23(27)21-14-22(24-25(21)2)33(28,29)26(15-17-6-10-19(30-3)11-7-17)16-18-8-12-20(31-4)13-9-18/h6-14H,5,15-16H2,1-4H3. The van der Waals surface area contributed by atoms with Crippen molar-refractivity contribution >= 4 is 16.0 Å². The third-order valence-corrected chi connectivity index (χ3v) is 6.65. The van der Waals surface area contributed by atoms with Gasteiger partial charge >= 0.3 is 5.97 Å². The van der Waals surface area contributed by atoms with Crippen LogP contribution in [0.15, 0.2) is 59.6 Å². The third kappa shape index (κ3) is 5.71. The zero-order chi connectivity index (χ0) is 24.0. The number of aryl methyl sites for hydroxylation is 1. The van der Waals surface area contributed by atoms with Gasteiger partial charge in [-0.25, -0.2) is 13.2 Å². The van der Waals surface area contributed by atoms with Crippen LogP contribution in [-0.2, 0) is 34.9 Å². The second-order valence-corrected chi connectivity index (χ2v) is 9.07. The molecule has 1 heterocycles. The first-order chi connectivity index (χ1) is 15.8. The second-order valence-electron chi connectivity index (χ2n) is 7.18. The molecule has 0 amide bonds. The van der Waals surface area contributed by atoms with Gasteiger partial charge in [0.15, 0.2) is 5.03 Å². The average molecular weight is 474 g/mol. The lowest BCUT2D eigenvalue weighted by Crippen LogP contribution is -2.30. The maximum Gasteiger partial charge on any atom is 0.356 e. The highest BCUT2D eigenvalue weighted by Gasteiger charge is 2.30. The van der Waals surface area contributed by atoms with Crippen molar-refractivity contribution in [1.82, 2.24) is 14.1 Å². The molecule has 0 fully saturated rings. The monoisotopic (exact) mass is 473 g/mol. The highest BCUT2D eigenvalue weighted by atomic mass is 32.2. The van der Waals surface area contributed by atoms with E-state index < -0.39 is 16.0 Å². The number of carbonyl (C=O) groups is 1. The van der Waals surface area contributed by atoms with Gasteiger partial charge in [0.25, 0.3) is 10.0 Å². The number of methoxy groups -OCH3 is 2. The fourth-order valence-electron chi connectivity index (χ4n) is 3.19. The minimum Gasteiger partial charge on any atom is -0.497 e. The molecule has 0 atom stereocenters. The Morgan fingerprint density at radius 1 is 0.939 bits per heavy atom. The summed E-state index contributed by atoms with van der Waals surface area (Å²) in [7, 11) is 0.589. The zero-order valence-electron chi connectivity index (χ0n) is 19.0. The lowest BCUT2D eigenvalue weighted by molar-refractivity contribution is 0.0513. The average Bonchev–Trinajstić information content (AvgIpc) is 3.22. The molecule has 3 aromatic rings. The van der Waals surface area contributed by atoms with E-state index >= 15 is 0 Å². The molecule has 0 saturated heterocycles. The maximum absolute atomic E-state index is 13.6. The van der Waals surface area contributed by atoms with Gasteiger partial charge in [-0.15, -0.1) is 0 Å². The Labute approximate surface area is 193 Å². The van der Waals surface area contributed by atoms with Crippen LogP contribution in [0.1, 0.15) is 28.5 Å². The van der Waals surface area contributed by atoms with Crippen LogP contribution in [0, 0.1) is 0 Å². The molecule has 0 radical (unpaired) electrons. The molecule has 0 aliphatic carbocycles. The first-order valence-corrected chi connectivity index (χ1v) is 11.7. The number of hydrogen-bond acceptors (Lipinski definition) is 7. The van der Waals surface area contributed by atoms with Crippen LogP contribution in [0.5, 0.6) is 11.5 Å². The molecule has 0 spiro atoms. The number of sulfonamides is 1. The minimum absolute atomic E-state index is 0.0595. The van der Waals surface area contributed by atoms with E-state index in [-0.39, 0.29) is 30.4 Å². The lowest BCUT2D eigenvalue weighted by atomic mass is 10.2. The molecule has 0 bridgehead atoms. The third-order valence-electron chi connectivity index (χ3n) is 4.98. The maximum atomic E-state index is 13.6. The van der Waals surface area contributed by atoms with E-state index in [1.165, 1.54) is 22.1 Å². The summed E-state index contributed by atoms with van der Waals surface area (Å²) in [5.41, 5.74) is 1.60. The number of nitrogens with zero attached hydrogens (tertiary/aromatic N) is 3. The molecule has 10 heteroatoms. The van der Waals surface area contributed by atoms with Crippen LogP contribution in [0.4, 0.5) is 0 Å². The Morgan fingerprint density at radius 3 is 1.85 bits per heavy atom.